The van der Waals surface area contributed by atoms with Gasteiger partial charge in [0.2, 0.25) is 0 Å². The molecule has 5 nitrogen and oxygen atoms in total. The molecule has 1 aliphatic heterocycles. The smallest absolute Gasteiger partial charge is 0.130 e. The molecule has 1 aromatic carbocycles. The molecule has 29 heavy (non-hydrogen) atoms. The number of aryl methyl sites for hydroxylation is 1. The Morgan fingerprint density at radius 3 is 2.66 bits per heavy atom. The number of nitrogens with one attached hydrogen (secondary N) is 1. The SMILES string of the molecule is C=C(Nc1cc2cc(-c3ccn(C)n3)ccc2cn1)C1CCN(CC(C)C)CC1. The number of rotatable bonds is 6. The van der Waals surface area contributed by atoms with Gasteiger partial charge in [-0.3, -0.25) is 4.68 Å². The fourth-order valence-electron chi connectivity index (χ4n) is 4.18. The first-order valence-corrected chi connectivity index (χ1v) is 10.6. The third-order valence-electron chi connectivity index (χ3n) is 5.72. The molecule has 4 rings (SSSR count). The molecule has 0 unspecified atom stereocenters. The summed E-state index contributed by atoms with van der Waals surface area (Å²) < 4.78 is 1.83. The zero-order valence-corrected chi connectivity index (χ0v) is 17.7. The van der Waals surface area contributed by atoms with Crippen molar-refractivity contribution in [2.75, 3.05) is 25.0 Å². The van der Waals surface area contributed by atoms with Crippen LogP contribution in [0.5, 0.6) is 0 Å². The van der Waals surface area contributed by atoms with E-state index in [0.29, 0.717) is 5.92 Å². The molecule has 1 N–H and O–H groups in total. The largest absolute Gasteiger partial charge is 0.344 e. The molecule has 2 aromatic heterocycles. The van der Waals surface area contributed by atoms with E-state index in [1.165, 1.54) is 6.54 Å². The van der Waals surface area contributed by atoms with Crippen molar-refractivity contribution < 1.29 is 0 Å². The van der Waals surface area contributed by atoms with E-state index in [1.807, 2.05) is 30.2 Å². The molecule has 0 aliphatic carbocycles. The second-order valence-corrected chi connectivity index (χ2v) is 8.63. The molecule has 0 bridgehead atoms. The Kier molecular flexibility index (Phi) is 5.67. The average molecular weight is 390 g/mol. The molecule has 0 amide bonds. The van der Waals surface area contributed by atoms with Crippen LogP contribution in [0.25, 0.3) is 22.0 Å². The van der Waals surface area contributed by atoms with Gasteiger partial charge in [0.15, 0.2) is 0 Å². The van der Waals surface area contributed by atoms with E-state index in [0.717, 1.165) is 65.4 Å². The van der Waals surface area contributed by atoms with Crippen molar-refractivity contribution in [1.29, 1.82) is 0 Å². The van der Waals surface area contributed by atoms with E-state index >= 15 is 0 Å². The van der Waals surface area contributed by atoms with Gasteiger partial charge in [0, 0.05) is 48.6 Å². The van der Waals surface area contributed by atoms with Crippen molar-refractivity contribution in [2.45, 2.75) is 26.7 Å². The first-order chi connectivity index (χ1) is 14.0. The van der Waals surface area contributed by atoms with Crippen molar-refractivity contribution in [3.63, 3.8) is 0 Å². The lowest BCUT2D eigenvalue weighted by atomic mass is 9.93. The standard InChI is InChI=1S/C24H31N5/c1-17(2)16-29-11-7-19(8-12-29)18(3)26-24-14-22-13-20(5-6-21(22)15-25-24)23-9-10-28(4)27-23/h5-6,9-10,13-15,17,19H,3,7-8,11-12,16H2,1-2,4H3,(H,25,26). The number of nitrogens with zero attached hydrogens (tertiary/aromatic N) is 4. The molecule has 5 heteroatoms. The molecule has 152 valence electrons. The number of piperidine rings is 1. The van der Waals surface area contributed by atoms with Gasteiger partial charge in [0.05, 0.1) is 5.69 Å². The zero-order valence-electron chi connectivity index (χ0n) is 17.7. The highest BCUT2D eigenvalue weighted by Gasteiger charge is 2.22. The summed E-state index contributed by atoms with van der Waals surface area (Å²) in [5.74, 6) is 2.10. The summed E-state index contributed by atoms with van der Waals surface area (Å²) in [6.45, 7) is 12.4. The van der Waals surface area contributed by atoms with Gasteiger partial charge in [-0.15, -0.1) is 0 Å². The minimum absolute atomic E-state index is 0.510. The van der Waals surface area contributed by atoms with Crippen molar-refractivity contribution in [3.8, 4) is 11.3 Å². The number of benzene rings is 1. The van der Waals surface area contributed by atoms with Crippen LogP contribution >= 0.6 is 0 Å². The van der Waals surface area contributed by atoms with Crippen molar-refractivity contribution in [2.24, 2.45) is 18.9 Å². The van der Waals surface area contributed by atoms with Crippen LogP contribution in [-0.2, 0) is 7.05 Å². The van der Waals surface area contributed by atoms with Gasteiger partial charge in [-0.05, 0) is 55.4 Å². The highest BCUT2D eigenvalue weighted by atomic mass is 15.2. The topological polar surface area (TPSA) is 46.0 Å². The Labute approximate surface area is 173 Å². The summed E-state index contributed by atoms with van der Waals surface area (Å²) >= 11 is 0. The number of allylic oxidation sites excluding steroid dienone is 1. The Morgan fingerprint density at radius 1 is 1.17 bits per heavy atom. The number of aromatic nitrogens is 3. The predicted molar refractivity (Wildman–Crippen MR) is 121 cm³/mol. The highest BCUT2D eigenvalue weighted by molar-refractivity contribution is 5.88. The van der Waals surface area contributed by atoms with E-state index in [9.17, 15) is 0 Å². The maximum atomic E-state index is 4.60. The van der Waals surface area contributed by atoms with Crippen LogP contribution in [0.1, 0.15) is 26.7 Å². The quantitative estimate of drug-likeness (QED) is 0.649. The van der Waals surface area contributed by atoms with E-state index in [2.05, 4.69) is 65.0 Å². The monoisotopic (exact) mass is 389 g/mol. The minimum Gasteiger partial charge on any atom is -0.344 e. The molecule has 3 heterocycles. The number of anilines is 1. The molecular weight excluding hydrogens is 358 g/mol. The summed E-state index contributed by atoms with van der Waals surface area (Å²) in [5, 5.41) is 10.3. The Morgan fingerprint density at radius 2 is 1.97 bits per heavy atom. The minimum atomic E-state index is 0.510. The average Bonchev–Trinajstić information content (AvgIpc) is 3.14. The lowest BCUT2D eigenvalue weighted by Crippen LogP contribution is -2.37. The molecule has 0 saturated carbocycles. The van der Waals surface area contributed by atoms with E-state index in [4.69, 9.17) is 0 Å². The summed E-state index contributed by atoms with van der Waals surface area (Å²) in [6, 6.07) is 10.5. The number of hydrogen-bond acceptors (Lipinski definition) is 4. The predicted octanol–water partition coefficient (Wildman–Crippen LogP) is 4.93. The molecule has 0 spiro atoms. The number of fused-ring (bicyclic) bond motifs is 1. The van der Waals surface area contributed by atoms with Crippen LogP contribution in [0, 0.1) is 11.8 Å². The van der Waals surface area contributed by atoms with Gasteiger partial charge in [-0.25, -0.2) is 4.98 Å². The maximum absolute atomic E-state index is 4.60. The third kappa shape index (κ3) is 4.67. The first kappa shape index (κ1) is 19.6. The lowest BCUT2D eigenvalue weighted by molar-refractivity contribution is 0.181. The second kappa shape index (κ2) is 8.37. The maximum Gasteiger partial charge on any atom is 0.130 e. The molecule has 0 radical (unpaired) electrons. The van der Waals surface area contributed by atoms with Crippen molar-refractivity contribution in [3.05, 3.63) is 55.0 Å². The molecule has 0 atom stereocenters. The van der Waals surface area contributed by atoms with Gasteiger partial charge < -0.3 is 10.2 Å². The summed E-state index contributed by atoms with van der Waals surface area (Å²) in [4.78, 5) is 7.17. The van der Waals surface area contributed by atoms with Crippen LogP contribution in [0.15, 0.2) is 55.0 Å². The second-order valence-electron chi connectivity index (χ2n) is 8.63. The normalized spacial score (nSPS) is 15.9. The third-order valence-corrected chi connectivity index (χ3v) is 5.72. The van der Waals surface area contributed by atoms with Crippen LogP contribution in [0.4, 0.5) is 5.82 Å². The first-order valence-electron chi connectivity index (χ1n) is 10.6. The Bertz CT molecular complexity index is 995. The molecule has 1 fully saturated rings. The fourth-order valence-corrected chi connectivity index (χ4v) is 4.18. The fraction of sp³-hybridized carbons (Fsp3) is 0.417. The van der Waals surface area contributed by atoms with Gasteiger partial charge in [0.25, 0.3) is 0 Å². The van der Waals surface area contributed by atoms with Crippen molar-refractivity contribution >= 4 is 16.6 Å². The van der Waals surface area contributed by atoms with Gasteiger partial charge in [-0.2, -0.15) is 5.10 Å². The number of pyridine rings is 1. The molecule has 1 aliphatic rings. The van der Waals surface area contributed by atoms with Crippen molar-refractivity contribution in [1.82, 2.24) is 19.7 Å². The van der Waals surface area contributed by atoms with Crippen LogP contribution in [0.3, 0.4) is 0 Å². The molecular formula is C24H31N5. The highest BCUT2D eigenvalue weighted by Crippen LogP contribution is 2.27. The number of likely N-dealkylation sites (tertiary alicyclic amines) is 1. The summed E-state index contributed by atoms with van der Waals surface area (Å²) in [6.07, 6.45) is 6.22. The summed E-state index contributed by atoms with van der Waals surface area (Å²) in [7, 11) is 1.94. The Hall–Kier alpha value is -2.66. The van der Waals surface area contributed by atoms with E-state index in [-0.39, 0.29) is 0 Å². The summed E-state index contributed by atoms with van der Waals surface area (Å²) in [5.41, 5.74) is 3.19. The van der Waals surface area contributed by atoms with Crippen LogP contribution in [-0.4, -0.2) is 39.3 Å². The van der Waals surface area contributed by atoms with Crippen LogP contribution < -0.4 is 5.32 Å². The molecule has 1 saturated heterocycles. The molecule has 3 aromatic rings. The van der Waals surface area contributed by atoms with Crippen LogP contribution in [0.2, 0.25) is 0 Å². The Balaban J connectivity index is 1.44. The van der Waals surface area contributed by atoms with E-state index < -0.39 is 0 Å². The van der Waals surface area contributed by atoms with E-state index in [1.54, 1.807) is 0 Å². The lowest BCUT2D eigenvalue weighted by Gasteiger charge is -2.33. The number of hydrogen-bond donors (Lipinski definition) is 1. The van der Waals surface area contributed by atoms with Gasteiger partial charge in [0.1, 0.15) is 5.82 Å². The van der Waals surface area contributed by atoms with Gasteiger partial charge >= 0.3 is 0 Å². The zero-order chi connectivity index (χ0) is 20.4. The van der Waals surface area contributed by atoms with Gasteiger partial charge in [-0.1, -0.05) is 32.6 Å².